The second-order valence-electron chi connectivity index (χ2n) is 8.66. The van der Waals surface area contributed by atoms with E-state index < -0.39 is 31.4 Å². The lowest BCUT2D eigenvalue weighted by atomic mass is 9.95. The smallest absolute Gasteiger partial charge is 0.272 e. The molecule has 0 bridgehead atoms. The molecule has 6 nitrogen and oxygen atoms in total. The highest BCUT2D eigenvalue weighted by atomic mass is 35.5. The minimum Gasteiger partial charge on any atom is -0.488 e. The van der Waals surface area contributed by atoms with E-state index in [1.165, 1.54) is 22.8 Å². The number of fused-ring (bicyclic) bond motifs is 1. The van der Waals surface area contributed by atoms with Gasteiger partial charge in [0.2, 0.25) is 11.9 Å². The van der Waals surface area contributed by atoms with Crippen LogP contribution in [-0.2, 0) is 17.9 Å². The molecule has 0 radical (unpaired) electrons. The lowest BCUT2D eigenvalue weighted by molar-refractivity contribution is -0.128. The molecule has 1 amide bonds. The lowest BCUT2D eigenvalue weighted by Gasteiger charge is -2.18. The Morgan fingerprint density at radius 1 is 1.12 bits per heavy atom. The van der Waals surface area contributed by atoms with E-state index in [9.17, 15) is 22.4 Å². The van der Waals surface area contributed by atoms with Crippen LogP contribution in [0, 0.1) is 5.41 Å². The monoisotopic (exact) mass is 500 g/mol. The summed E-state index contributed by atoms with van der Waals surface area (Å²) in [6, 6.07) is 9.39. The molecule has 3 rings (SSSR count). The molecule has 0 aliphatic heterocycles. The third kappa shape index (κ3) is 6.53. The molecule has 0 aliphatic rings. The van der Waals surface area contributed by atoms with Gasteiger partial charge >= 0.3 is 0 Å². The predicted octanol–water partition coefficient (Wildman–Crippen LogP) is 6.00. The van der Waals surface area contributed by atoms with Gasteiger partial charge in [0.25, 0.3) is 12.9 Å². The van der Waals surface area contributed by atoms with Crippen LogP contribution < -0.4 is 15.4 Å². The summed E-state index contributed by atoms with van der Waals surface area (Å²) in [5, 5.41) is 6.14. The van der Waals surface area contributed by atoms with Gasteiger partial charge in [0.15, 0.2) is 0 Å². The summed E-state index contributed by atoms with van der Waals surface area (Å²) >= 11 is 6.31. The number of anilines is 2. The maximum atomic E-state index is 13.3. The molecule has 3 aromatic rings. The maximum Gasteiger partial charge on any atom is 0.272 e. The average molecular weight is 501 g/mol. The fraction of sp³-hybridized carbons (Fsp3) is 0.391. The quantitative estimate of drug-likeness (QED) is 0.353. The van der Waals surface area contributed by atoms with Crippen LogP contribution in [0.2, 0.25) is 5.02 Å². The van der Waals surface area contributed by atoms with Gasteiger partial charge in [-0.1, -0.05) is 38.4 Å². The van der Waals surface area contributed by atoms with Crippen molar-refractivity contribution in [1.82, 2.24) is 14.9 Å². The predicted molar refractivity (Wildman–Crippen MR) is 123 cm³/mol. The third-order valence-corrected chi connectivity index (χ3v) is 5.16. The van der Waals surface area contributed by atoms with Crippen molar-refractivity contribution in [1.29, 1.82) is 0 Å². The summed E-state index contributed by atoms with van der Waals surface area (Å²) in [4.78, 5) is 16.5. The number of nitrogens with one attached hydrogen (secondary N) is 2. The zero-order valence-corrected chi connectivity index (χ0v) is 19.6. The summed E-state index contributed by atoms with van der Waals surface area (Å²) in [5.41, 5.74) is 1.26. The Labute approximate surface area is 199 Å². The van der Waals surface area contributed by atoms with Gasteiger partial charge in [0.05, 0.1) is 28.3 Å². The van der Waals surface area contributed by atoms with Crippen LogP contribution in [0.15, 0.2) is 36.4 Å². The minimum absolute atomic E-state index is 0.0964. The van der Waals surface area contributed by atoms with Gasteiger partial charge in [-0.3, -0.25) is 4.79 Å². The molecule has 0 atom stereocenters. The Bertz CT molecular complexity index is 1160. The highest BCUT2D eigenvalue weighted by molar-refractivity contribution is 6.33. The van der Waals surface area contributed by atoms with Crippen molar-refractivity contribution in [2.24, 2.45) is 5.41 Å². The molecule has 184 valence electrons. The first-order chi connectivity index (χ1) is 15.9. The summed E-state index contributed by atoms with van der Waals surface area (Å²) in [5.74, 6) is 0.0871. The molecule has 34 heavy (non-hydrogen) atoms. The summed E-state index contributed by atoms with van der Waals surface area (Å²) in [7, 11) is 0. The molecule has 11 heteroatoms. The number of carbonyl (C=O) groups excluding carboxylic acids is 1. The molecular weight excluding hydrogens is 476 g/mol. The number of carbonyl (C=O) groups is 1. The van der Waals surface area contributed by atoms with Crippen molar-refractivity contribution in [3.05, 3.63) is 47.0 Å². The maximum absolute atomic E-state index is 13.3. The molecule has 1 heterocycles. The van der Waals surface area contributed by atoms with Gasteiger partial charge in [0, 0.05) is 18.0 Å². The summed E-state index contributed by atoms with van der Waals surface area (Å²) in [6.07, 6.45) is -5.36. The van der Waals surface area contributed by atoms with Crippen molar-refractivity contribution in [3.8, 4) is 5.75 Å². The number of aromatic nitrogens is 2. The van der Waals surface area contributed by atoms with Gasteiger partial charge < -0.3 is 19.9 Å². The highest BCUT2D eigenvalue weighted by Gasteiger charge is 2.21. The van der Waals surface area contributed by atoms with E-state index in [4.69, 9.17) is 16.3 Å². The molecular formula is C23H25ClF4N4O2. The number of halogens is 5. The van der Waals surface area contributed by atoms with Crippen LogP contribution in [0.1, 0.15) is 26.3 Å². The van der Waals surface area contributed by atoms with Crippen LogP contribution in [0.4, 0.5) is 29.2 Å². The van der Waals surface area contributed by atoms with E-state index in [-0.39, 0.29) is 24.1 Å². The van der Waals surface area contributed by atoms with Crippen molar-refractivity contribution in [2.75, 3.05) is 11.9 Å². The number of alkyl halides is 4. The van der Waals surface area contributed by atoms with E-state index in [1.54, 1.807) is 39.0 Å². The first-order valence-corrected chi connectivity index (χ1v) is 10.8. The fourth-order valence-corrected chi connectivity index (χ4v) is 3.28. The van der Waals surface area contributed by atoms with Crippen LogP contribution in [0.25, 0.3) is 11.0 Å². The van der Waals surface area contributed by atoms with E-state index in [1.807, 2.05) is 0 Å². The van der Waals surface area contributed by atoms with Gasteiger partial charge in [-0.2, -0.15) is 0 Å². The normalized spacial score (nSPS) is 11.9. The van der Waals surface area contributed by atoms with Crippen LogP contribution >= 0.6 is 11.6 Å². The van der Waals surface area contributed by atoms with Crippen LogP contribution in [-0.4, -0.2) is 34.9 Å². The van der Waals surface area contributed by atoms with Gasteiger partial charge in [-0.25, -0.2) is 22.5 Å². The van der Waals surface area contributed by atoms with E-state index in [0.717, 1.165) is 5.56 Å². The largest absolute Gasteiger partial charge is 0.488 e. The molecule has 0 spiro atoms. The Hall–Kier alpha value is -3.01. The number of imidazole rings is 1. The fourth-order valence-electron chi connectivity index (χ4n) is 3.12. The van der Waals surface area contributed by atoms with Crippen LogP contribution in [0.3, 0.4) is 0 Å². The van der Waals surface area contributed by atoms with Crippen molar-refractivity contribution < 1.29 is 27.1 Å². The SMILES string of the molecule is CC(C)(C)C(=O)NCc1ccc(Cl)c(Nc2nc3ccc(OCC(F)F)cc3n2CC(F)F)c1. The van der Waals surface area contributed by atoms with Crippen LogP contribution in [0.5, 0.6) is 5.75 Å². The number of nitrogens with zero attached hydrogens (tertiary/aromatic N) is 2. The topological polar surface area (TPSA) is 68.2 Å². The standard InChI is InChI=1S/C23H25ClF4N4O2/c1-23(2,3)21(33)29-10-13-4-6-15(24)17(8-13)31-22-30-16-7-5-14(34-12-20(27)28)9-18(16)32(22)11-19(25)26/h4-9,19-20H,10-12H2,1-3H3,(H,29,33)(H,30,31). The first kappa shape index (κ1) is 25.6. The van der Waals surface area contributed by atoms with Crippen molar-refractivity contribution in [2.45, 2.75) is 46.7 Å². The average Bonchev–Trinajstić information content (AvgIpc) is 3.07. The van der Waals surface area contributed by atoms with Crippen molar-refractivity contribution in [3.63, 3.8) is 0 Å². The zero-order valence-electron chi connectivity index (χ0n) is 18.8. The van der Waals surface area contributed by atoms with Gasteiger partial charge in [-0.15, -0.1) is 0 Å². The Morgan fingerprint density at radius 2 is 1.85 bits per heavy atom. The molecule has 2 N–H and O–H groups in total. The highest BCUT2D eigenvalue weighted by Crippen LogP contribution is 2.31. The van der Waals surface area contributed by atoms with E-state index >= 15 is 0 Å². The first-order valence-electron chi connectivity index (χ1n) is 10.5. The molecule has 0 unspecified atom stereocenters. The van der Waals surface area contributed by atoms with Gasteiger partial charge in [0.1, 0.15) is 12.4 Å². The second-order valence-corrected chi connectivity index (χ2v) is 9.07. The number of amides is 1. The molecule has 1 aromatic heterocycles. The van der Waals surface area contributed by atoms with E-state index in [2.05, 4.69) is 15.6 Å². The number of hydrogen-bond donors (Lipinski definition) is 2. The molecule has 0 saturated heterocycles. The summed E-state index contributed by atoms with van der Waals surface area (Å²) in [6.45, 7) is 4.15. The Kier molecular flexibility index (Phi) is 7.91. The second kappa shape index (κ2) is 10.5. The summed E-state index contributed by atoms with van der Waals surface area (Å²) < 4.78 is 57.9. The number of benzene rings is 2. The Morgan fingerprint density at radius 3 is 2.50 bits per heavy atom. The van der Waals surface area contributed by atoms with E-state index in [0.29, 0.717) is 21.7 Å². The lowest BCUT2D eigenvalue weighted by Crippen LogP contribution is -2.34. The molecule has 0 aliphatic carbocycles. The zero-order chi connectivity index (χ0) is 25.0. The third-order valence-electron chi connectivity index (χ3n) is 4.83. The number of rotatable bonds is 9. The van der Waals surface area contributed by atoms with Crippen molar-refractivity contribution >= 4 is 40.2 Å². The molecule has 2 aromatic carbocycles. The minimum atomic E-state index is -2.70. The molecule has 0 saturated carbocycles. The van der Waals surface area contributed by atoms with Gasteiger partial charge in [-0.05, 0) is 29.8 Å². The molecule has 0 fully saturated rings. The Balaban J connectivity index is 1.90. The number of hydrogen-bond acceptors (Lipinski definition) is 4. The number of ether oxygens (including phenoxy) is 1.